The lowest BCUT2D eigenvalue weighted by Crippen LogP contribution is -2.49. The van der Waals surface area contributed by atoms with Gasteiger partial charge in [-0.1, -0.05) is 18.2 Å². The van der Waals surface area contributed by atoms with Crippen molar-refractivity contribution in [2.75, 3.05) is 42.6 Å². The number of nitrogens with zero attached hydrogens (tertiary/aromatic N) is 1. The quantitative estimate of drug-likeness (QED) is 0.804. The van der Waals surface area contributed by atoms with E-state index < -0.39 is 0 Å². The molecule has 114 valence electrons. The third-order valence-corrected chi connectivity index (χ3v) is 5.19. The van der Waals surface area contributed by atoms with Gasteiger partial charge in [0.05, 0.1) is 6.04 Å². The number of amides is 1. The van der Waals surface area contributed by atoms with Crippen molar-refractivity contribution < 1.29 is 4.79 Å². The van der Waals surface area contributed by atoms with Gasteiger partial charge >= 0.3 is 0 Å². The van der Waals surface area contributed by atoms with Crippen molar-refractivity contribution in [2.24, 2.45) is 0 Å². The molecule has 0 saturated carbocycles. The Bertz CT molecular complexity index is 488. The average molecular weight is 305 g/mol. The highest BCUT2D eigenvalue weighted by Gasteiger charge is 2.21. The second-order valence-electron chi connectivity index (χ2n) is 5.59. The van der Waals surface area contributed by atoms with Crippen LogP contribution in [0.5, 0.6) is 0 Å². The fourth-order valence-electron chi connectivity index (χ4n) is 2.98. The lowest BCUT2D eigenvalue weighted by molar-refractivity contribution is -0.122. The predicted octanol–water partition coefficient (Wildman–Crippen LogP) is 1.26. The Balaban J connectivity index is 1.38. The van der Waals surface area contributed by atoms with Crippen LogP contribution in [0.3, 0.4) is 0 Å². The molecule has 5 heteroatoms. The SMILES string of the molecule is O=C(NCCCN1CCc2ccccc21)C1CSCCN1. The minimum absolute atomic E-state index is 0.00346. The molecule has 0 aliphatic carbocycles. The molecule has 2 heterocycles. The molecule has 2 aliphatic rings. The summed E-state index contributed by atoms with van der Waals surface area (Å²) in [4.78, 5) is 14.4. The van der Waals surface area contributed by atoms with E-state index in [-0.39, 0.29) is 11.9 Å². The number of carbonyl (C=O) groups is 1. The molecule has 2 aliphatic heterocycles. The van der Waals surface area contributed by atoms with Gasteiger partial charge in [0.15, 0.2) is 0 Å². The smallest absolute Gasteiger partial charge is 0.237 e. The first kappa shape index (κ1) is 14.7. The molecule has 0 spiro atoms. The van der Waals surface area contributed by atoms with Gasteiger partial charge in [-0.3, -0.25) is 4.79 Å². The number of anilines is 1. The molecule has 4 nitrogen and oxygen atoms in total. The Labute approximate surface area is 130 Å². The largest absolute Gasteiger partial charge is 0.371 e. The van der Waals surface area contributed by atoms with Crippen LogP contribution in [0.25, 0.3) is 0 Å². The van der Waals surface area contributed by atoms with Crippen LogP contribution in [0.1, 0.15) is 12.0 Å². The van der Waals surface area contributed by atoms with E-state index in [9.17, 15) is 4.79 Å². The minimum atomic E-state index is -0.00346. The van der Waals surface area contributed by atoms with E-state index in [4.69, 9.17) is 0 Å². The predicted molar refractivity (Wildman–Crippen MR) is 89.1 cm³/mol. The van der Waals surface area contributed by atoms with Crippen molar-refractivity contribution in [3.05, 3.63) is 29.8 Å². The van der Waals surface area contributed by atoms with Crippen LogP contribution >= 0.6 is 11.8 Å². The first-order valence-corrected chi connectivity index (χ1v) is 8.92. The standard InChI is InChI=1S/C16H23N3OS/c20-16(14-12-21-11-8-17-14)18-7-3-9-19-10-6-13-4-1-2-5-15(13)19/h1-2,4-5,14,17H,3,6-12H2,(H,18,20). The number of hydrogen-bond acceptors (Lipinski definition) is 4. The molecule has 1 atom stereocenters. The lowest BCUT2D eigenvalue weighted by atomic mass is 10.2. The highest BCUT2D eigenvalue weighted by molar-refractivity contribution is 7.99. The third kappa shape index (κ3) is 3.71. The molecule has 1 amide bonds. The van der Waals surface area contributed by atoms with Crippen LogP contribution in [0.2, 0.25) is 0 Å². The summed E-state index contributed by atoms with van der Waals surface area (Å²) in [6, 6.07) is 8.62. The van der Waals surface area contributed by atoms with Crippen LogP contribution < -0.4 is 15.5 Å². The van der Waals surface area contributed by atoms with E-state index in [1.165, 1.54) is 11.3 Å². The van der Waals surface area contributed by atoms with Gasteiger partial charge in [0, 0.05) is 43.4 Å². The fourth-order valence-corrected chi connectivity index (χ4v) is 3.91. The summed E-state index contributed by atoms with van der Waals surface area (Å²) in [7, 11) is 0. The molecule has 0 bridgehead atoms. The molecule has 0 radical (unpaired) electrons. The zero-order valence-corrected chi connectivity index (χ0v) is 13.1. The maximum atomic E-state index is 12.0. The van der Waals surface area contributed by atoms with E-state index in [0.717, 1.165) is 50.5 Å². The van der Waals surface area contributed by atoms with Crippen LogP contribution in [-0.4, -0.2) is 49.6 Å². The normalized spacial score (nSPS) is 21.1. The van der Waals surface area contributed by atoms with Crippen molar-refractivity contribution >= 4 is 23.4 Å². The molecule has 21 heavy (non-hydrogen) atoms. The number of benzene rings is 1. The molecule has 2 N–H and O–H groups in total. The van der Waals surface area contributed by atoms with Crippen LogP contribution in [0, 0.1) is 0 Å². The van der Waals surface area contributed by atoms with E-state index >= 15 is 0 Å². The Hall–Kier alpha value is -1.20. The zero-order valence-electron chi connectivity index (χ0n) is 12.3. The van der Waals surface area contributed by atoms with Gasteiger partial charge in [0.1, 0.15) is 0 Å². The molecule has 1 unspecified atom stereocenters. The molecule has 1 fully saturated rings. The number of para-hydroxylation sites is 1. The lowest BCUT2D eigenvalue weighted by Gasteiger charge is -2.23. The highest BCUT2D eigenvalue weighted by Crippen LogP contribution is 2.27. The first-order valence-electron chi connectivity index (χ1n) is 7.76. The molecule has 0 aromatic heterocycles. The average Bonchev–Trinajstić information content (AvgIpc) is 2.95. The van der Waals surface area contributed by atoms with Crippen molar-refractivity contribution in [2.45, 2.75) is 18.9 Å². The Kier molecular flexibility index (Phi) is 5.04. The second-order valence-corrected chi connectivity index (χ2v) is 6.74. The summed E-state index contributed by atoms with van der Waals surface area (Å²) < 4.78 is 0. The monoisotopic (exact) mass is 305 g/mol. The van der Waals surface area contributed by atoms with E-state index in [1.807, 2.05) is 11.8 Å². The van der Waals surface area contributed by atoms with Crippen molar-refractivity contribution in [1.82, 2.24) is 10.6 Å². The second kappa shape index (κ2) is 7.18. The summed E-state index contributed by atoms with van der Waals surface area (Å²) >= 11 is 1.85. The third-order valence-electron chi connectivity index (χ3n) is 4.13. The number of hydrogen-bond donors (Lipinski definition) is 2. The number of thioether (sulfide) groups is 1. The molecule has 1 saturated heterocycles. The van der Waals surface area contributed by atoms with E-state index in [2.05, 4.69) is 39.8 Å². The van der Waals surface area contributed by atoms with Gasteiger partial charge in [0.25, 0.3) is 0 Å². The van der Waals surface area contributed by atoms with Gasteiger partial charge in [-0.15, -0.1) is 0 Å². The number of nitrogens with one attached hydrogen (secondary N) is 2. The Morgan fingerprint density at radius 1 is 1.43 bits per heavy atom. The van der Waals surface area contributed by atoms with Gasteiger partial charge in [-0.25, -0.2) is 0 Å². The fraction of sp³-hybridized carbons (Fsp3) is 0.562. The van der Waals surface area contributed by atoms with Crippen LogP contribution in [0.4, 0.5) is 5.69 Å². The minimum Gasteiger partial charge on any atom is -0.371 e. The Morgan fingerprint density at radius 3 is 3.19 bits per heavy atom. The van der Waals surface area contributed by atoms with Crippen molar-refractivity contribution in [3.8, 4) is 0 Å². The molecular weight excluding hydrogens is 282 g/mol. The van der Waals surface area contributed by atoms with Crippen molar-refractivity contribution in [3.63, 3.8) is 0 Å². The van der Waals surface area contributed by atoms with Crippen LogP contribution in [-0.2, 0) is 11.2 Å². The molecule has 3 rings (SSSR count). The maximum Gasteiger partial charge on any atom is 0.237 e. The zero-order chi connectivity index (χ0) is 14.5. The highest BCUT2D eigenvalue weighted by atomic mass is 32.2. The Morgan fingerprint density at radius 2 is 2.33 bits per heavy atom. The topological polar surface area (TPSA) is 44.4 Å². The van der Waals surface area contributed by atoms with Crippen molar-refractivity contribution in [1.29, 1.82) is 0 Å². The summed E-state index contributed by atoms with van der Waals surface area (Å²) in [6.07, 6.45) is 2.14. The van der Waals surface area contributed by atoms with E-state index in [1.54, 1.807) is 0 Å². The summed E-state index contributed by atoms with van der Waals surface area (Å²) in [5, 5.41) is 6.33. The summed E-state index contributed by atoms with van der Waals surface area (Å²) in [6.45, 7) is 3.83. The summed E-state index contributed by atoms with van der Waals surface area (Å²) in [5.74, 6) is 2.16. The number of rotatable bonds is 5. The van der Waals surface area contributed by atoms with Gasteiger partial charge in [-0.05, 0) is 24.5 Å². The van der Waals surface area contributed by atoms with Gasteiger partial charge in [-0.2, -0.15) is 11.8 Å². The molecular formula is C16H23N3OS. The van der Waals surface area contributed by atoms with E-state index in [0.29, 0.717) is 0 Å². The molecule has 1 aromatic carbocycles. The number of carbonyl (C=O) groups excluding carboxylic acids is 1. The first-order chi connectivity index (χ1) is 10.3. The molecule has 1 aromatic rings. The summed E-state index contributed by atoms with van der Waals surface area (Å²) in [5.41, 5.74) is 2.82. The number of fused-ring (bicyclic) bond motifs is 1. The maximum absolute atomic E-state index is 12.0. The van der Waals surface area contributed by atoms with Gasteiger partial charge in [0.2, 0.25) is 5.91 Å². The van der Waals surface area contributed by atoms with Gasteiger partial charge < -0.3 is 15.5 Å². The van der Waals surface area contributed by atoms with Crippen LogP contribution in [0.15, 0.2) is 24.3 Å².